The van der Waals surface area contributed by atoms with Crippen molar-refractivity contribution in [2.24, 2.45) is 5.92 Å². The van der Waals surface area contributed by atoms with Gasteiger partial charge in [-0.05, 0) is 5.92 Å². The van der Waals surface area contributed by atoms with Crippen molar-refractivity contribution in [2.45, 2.75) is 18.7 Å². The van der Waals surface area contributed by atoms with Gasteiger partial charge in [-0.25, -0.2) is 0 Å². The van der Waals surface area contributed by atoms with Crippen LogP contribution in [-0.2, 0) is 0 Å². The first kappa shape index (κ1) is 7.96. The molecule has 1 radical (unpaired) electrons. The van der Waals surface area contributed by atoms with Crippen molar-refractivity contribution in [3.63, 3.8) is 0 Å². The minimum absolute atomic E-state index is 0.507. The topological polar surface area (TPSA) is 0 Å². The molecule has 2 heteroatoms. The molecule has 0 saturated carbocycles. The number of hydrogen-bond acceptors (Lipinski definition) is 0. The second-order valence-corrected chi connectivity index (χ2v) is 3.40. The normalized spacial score (nSPS) is 15.0. The maximum absolute atomic E-state index is 3.44. The SMILES string of the molecule is CC(C)C(Br)[CH]Br. The molecule has 1 unspecified atom stereocenters. The molecule has 0 fully saturated rings. The van der Waals surface area contributed by atoms with Gasteiger partial charge in [0.2, 0.25) is 0 Å². The summed E-state index contributed by atoms with van der Waals surface area (Å²) in [6.07, 6.45) is 0. The van der Waals surface area contributed by atoms with Gasteiger partial charge in [-0.2, -0.15) is 0 Å². The Labute approximate surface area is 61.9 Å². The van der Waals surface area contributed by atoms with Crippen molar-refractivity contribution in [3.05, 3.63) is 5.33 Å². The summed E-state index contributed by atoms with van der Waals surface area (Å²) >= 11 is 6.68. The zero-order valence-corrected chi connectivity index (χ0v) is 7.66. The van der Waals surface area contributed by atoms with Crippen LogP contribution in [0.4, 0.5) is 0 Å². The third-order valence-corrected chi connectivity index (χ3v) is 3.36. The summed E-state index contributed by atoms with van der Waals surface area (Å²) in [5.41, 5.74) is 0. The standard InChI is InChI=1S/C5H9Br2/c1-4(2)5(7)3-6/h3-5H,1-2H3. The first-order valence-corrected chi connectivity index (χ1v) is 4.09. The lowest BCUT2D eigenvalue weighted by atomic mass is 10.2. The molecule has 1 atom stereocenters. The second-order valence-electron chi connectivity index (χ2n) is 1.81. The molecule has 0 saturated heterocycles. The Morgan fingerprint density at radius 1 is 1.43 bits per heavy atom. The Kier molecular flexibility index (Phi) is 4.44. The number of halogens is 2. The molecular weight excluding hydrogens is 220 g/mol. The van der Waals surface area contributed by atoms with Crippen LogP contribution in [0.3, 0.4) is 0 Å². The third-order valence-electron chi connectivity index (χ3n) is 0.757. The van der Waals surface area contributed by atoms with Gasteiger partial charge in [-0.1, -0.05) is 45.7 Å². The van der Waals surface area contributed by atoms with E-state index in [0.29, 0.717) is 10.7 Å². The van der Waals surface area contributed by atoms with Gasteiger partial charge >= 0.3 is 0 Å². The van der Waals surface area contributed by atoms with Crippen molar-refractivity contribution in [1.82, 2.24) is 0 Å². The quantitative estimate of drug-likeness (QED) is 0.638. The van der Waals surface area contributed by atoms with E-state index in [2.05, 4.69) is 45.7 Å². The number of hydrogen-bond donors (Lipinski definition) is 0. The molecule has 0 aromatic carbocycles. The van der Waals surface area contributed by atoms with Crippen LogP contribution in [0.2, 0.25) is 0 Å². The maximum atomic E-state index is 3.44. The van der Waals surface area contributed by atoms with Crippen LogP contribution in [0.25, 0.3) is 0 Å². The lowest BCUT2D eigenvalue weighted by Gasteiger charge is -2.06. The molecule has 0 aromatic rings. The summed E-state index contributed by atoms with van der Waals surface area (Å²) in [4.78, 5) is 0.507. The van der Waals surface area contributed by atoms with Gasteiger partial charge in [0, 0.05) is 10.2 Å². The fourth-order valence-corrected chi connectivity index (χ4v) is 0.756. The van der Waals surface area contributed by atoms with E-state index < -0.39 is 0 Å². The Bertz CT molecular complexity index is 43.3. The molecule has 7 heavy (non-hydrogen) atoms. The minimum Gasteiger partial charge on any atom is -0.0875 e. The van der Waals surface area contributed by atoms with Gasteiger partial charge in [0.25, 0.3) is 0 Å². The van der Waals surface area contributed by atoms with Gasteiger partial charge < -0.3 is 0 Å². The molecule has 0 N–H and O–H groups in total. The molecule has 0 aromatic heterocycles. The Morgan fingerprint density at radius 2 is 1.86 bits per heavy atom. The number of rotatable bonds is 2. The van der Waals surface area contributed by atoms with Crippen LogP contribution >= 0.6 is 31.9 Å². The van der Waals surface area contributed by atoms with Crippen LogP contribution in [0, 0.1) is 11.2 Å². The summed E-state index contributed by atoms with van der Waals surface area (Å²) in [6.45, 7) is 4.33. The highest BCUT2D eigenvalue weighted by Crippen LogP contribution is 2.17. The van der Waals surface area contributed by atoms with Crippen LogP contribution in [0.5, 0.6) is 0 Å². The lowest BCUT2D eigenvalue weighted by Crippen LogP contribution is -2.03. The van der Waals surface area contributed by atoms with Crippen LogP contribution in [-0.4, -0.2) is 4.83 Å². The van der Waals surface area contributed by atoms with Gasteiger partial charge in [-0.15, -0.1) is 0 Å². The minimum atomic E-state index is 0.507. The largest absolute Gasteiger partial charge is 0.0875 e. The highest BCUT2D eigenvalue weighted by molar-refractivity contribution is 9.13. The zero-order valence-electron chi connectivity index (χ0n) is 4.49. The van der Waals surface area contributed by atoms with Crippen molar-refractivity contribution in [2.75, 3.05) is 0 Å². The molecule has 0 aliphatic heterocycles. The molecule has 0 aliphatic carbocycles. The Balaban J connectivity index is 3.14. The summed E-state index contributed by atoms with van der Waals surface area (Å²) in [5, 5.41) is 1.97. The van der Waals surface area contributed by atoms with Crippen molar-refractivity contribution >= 4 is 31.9 Å². The van der Waals surface area contributed by atoms with Crippen molar-refractivity contribution < 1.29 is 0 Å². The van der Waals surface area contributed by atoms with E-state index >= 15 is 0 Å². The van der Waals surface area contributed by atoms with E-state index in [0.717, 1.165) is 0 Å². The van der Waals surface area contributed by atoms with Crippen LogP contribution < -0.4 is 0 Å². The maximum Gasteiger partial charge on any atom is 0.0409 e. The highest BCUT2D eigenvalue weighted by atomic mass is 79.9. The van der Waals surface area contributed by atoms with Crippen molar-refractivity contribution in [3.8, 4) is 0 Å². The molecule has 0 spiro atoms. The monoisotopic (exact) mass is 227 g/mol. The fourth-order valence-electron chi connectivity index (χ4n) is 0.145. The fraction of sp³-hybridized carbons (Fsp3) is 0.800. The van der Waals surface area contributed by atoms with Crippen LogP contribution in [0.15, 0.2) is 0 Å². The van der Waals surface area contributed by atoms with E-state index in [1.165, 1.54) is 0 Å². The first-order chi connectivity index (χ1) is 3.18. The van der Waals surface area contributed by atoms with Crippen LogP contribution in [0.1, 0.15) is 13.8 Å². The first-order valence-electron chi connectivity index (χ1n) is 2.26. The highest BCUT2D eigenvalue weighted by Gasteiger charge is 2.05. The average Bonchev–Trinajstić information content (AvgIpc) is 1.65. The van der Waals surface area contributed by atoms with Gasteiger partial charge in [0.05, 0.1) is 0 Å². The van der Waals surface area contributed by atoms with E-state index in [1.807, 2.05) is 5.33 Å². The molecule has 0 aliphatic rings. The van der Waals surface area contributed by atoms with Crippen molar-refractivity contribution in [1.29, 1.82) is 0 Å². The molecule has 0 amide bonds. The molecule has 0 rings (SSSR count). The smallest absolute Gasteiger partial charge is 0.0409 e. The summed E-state index contributed by atoms with van der Waals surface area (Å²) < 4.78 is 0. The predicted molar refractivity (Wildman–Crippen MR) is 40.8 cm³/mol. The third kappa shape index (κ3) is 3.53. The Hall–Kier alpha value is 0.960. The van der Waals surface area contributed by atoms with E-state index in [1.54, 1.807) is 0 Å². The molecular formula is C5H9Br2. The van der Waals surface area contributed by atoms with Gasteiger partial charge in [-0.3, -0.25) is 0 Å². The zero-order chi connectivity index (χ0) is 5.86. The average molecular weight is 229 g/mol. The molecule has 0 bridgehead atoms. The van der Waals surface area contributed by atoms with E-state index in [9.17, 15) is 0 Å². The predicted octanol–water partition coefficient (Wildman–Crippen LogP) is 2.96. The summed E-state index contributed by atoms with van der Waals surface area (Å²) in [7, 11) is 0. The van der Waals surface area contributed by atoms with E-state index in [-0.39, 0.29) is 0 Å². The lowest BCUT2D eigenvalue weighted by molar-refractivity contribution is 0.680. The molecule has 43 valence electrons. The van der Waals surface area contributed by atoms with Gasteiger partial charge in [0.1, 0.15) is 0 Å². The summed E-state index contributed by atoms with van der Waals surface area (Å²) in [5.74, 6) is 0.680. The number of alkyl halides is 1. The Morgan fingerprint density at radius 3 is 1.86 bits per heavy atom. The molecule has 0 heterocycles. The second kappa shape index (κ2) is 3.90. The van der Waals surface area contributed by atoms with Gasteiger partial charge in [0.15, 0.2) is 0 Å². The molecule has 0 nitrogen and oxygen atoms in total. The summed E-state index contributed by atoms with van der Waals surface area (Å²) in [6, 6.07) is 0. The van der Waals surface area contributed by atoms with E-state index in [4.69, 9.17) is 0 Å².